The molecule has 0 aliphatic rings. The Kier molecular flexibility index (Phi) is 12.9. The van der Waals surface area contributed by atoms with E-state index in [0.717, 1.165) is 72.2 Å². The fourth-order valence-corrected chi connectivity index (χ4v) is 9.78. The molecule has 0 unspecified atom stereocenters. The van der Waals surface area contributed by atoms with E-state index in [0.29, 0.717) is 0 Å². The number of nitrogens with zero attached hydrogens (tertiary/aromatic N) is 4. The van der Waals surface area contributed by atoms with Crippen molar-refractivity contribution >= 4 is 54.5 Å². The first-order chi connectivity index (χ1) is 34.0. The molecule has 5 nitrogen and oxygen atoms in total. The maximum atomic E-state index is 7.02. The predicted octanol–water partition coefficient (Wildman–Crippen LogP) is 17.5. The van der Waals surface area contributed by atoms with Crippen molar-refractivity contribution in [3.05, 3.63) is 217 Å². The molecule has 0 bridgehead atoms. The number of rotatable bonds is 7. The van der Waals surface area contributed by atoms with Crippen molar-refractivity contribution in [2.75, 3.05) is 0 Å². The van der Waals surface area contributed by atoms with Crippen LogP contribution >= 0.6 is 0 Å². The Hall–Kier alpha value is -7.50. The minimum Gasteiger partial charge on any atom is -0.500 e. The van der Waals surface area contributed by atoms with Crippen molar-refractivity contribution in [1.82, 2.24) is 19.5 Å². The number of fused-ring (bicyclic) bond motifs is 8. The maximum Gasteiger partial charge on any atom is 0.128 e. The van der Waals surface area contributed by atoms with Crippen molar-refractivity contribution in [2.24, 2.45) is 0 Å². The molecule has 1 radical (unpaired) electrons. The molecule has 0 fully saturated rings. The summed E-state index contributed by atoms with van der Waals surface area (Å²) in [5.74, 6) is 2.07. The molecule has 0 aliphatic heterocycles. The van der Waals surface area contributed by atoms with Crippen LogP contribution in [0.2, 0.25) is 0 Å². The first-order valence-corrected chi connectivity index (χ1v) is 24.3. The summed E-state index contributed by atoms with van der Waals surface area (Å²) in [6, 6.07) is 70.8. The van der Waals surface area contributed by atoms with Gasteiger partial charge in [0.25, 0.3) is 0 Å². The molecular formula is C65H54IrN4O-2. The van der Waals surface area contributed by atoms with E-state index in [1.165, 1.54) is 49.8 Å². The Labute approximate surface area is 429 Å². The van der Waals surface area contributed by atoms with Gasteiger partial charge in [0, 0.05) is 59.3 Å². The smallest absolute Gasteiger partial charge is 0.128 e. The fourth-order valence-electron chi connectivity index (χ4n) is 9.78. The molecule has 351 valence electrons. The summed E-state index contributed by atoms with van der Waals surface area (Å²) in [4.78, 5) is 14.3. The van der Waals surface area contributed by atoms with E-state index in [1.54, 1.807) is 0 Å². The number of imidazole rings is 1. The fraction of sp³-hybridized carbons (Fsp3) is 0.154. The second-order valence-corrected chi connectivity index (χ2v) is 19.8. The van der Waals surface area contributed by atoms with E-state index >= 15 is 0 Å². The number of hydrogen-bond acceptors (Lipinski definition) is 4. The molecule has 0 spiro atoms. The second kappa shape index (κ2) is 19.4. The van der Waals surface area contributed by atoms with Crippen molar-refractivity contribution in [1.29, 1.82) is 0 Å². The summed E-state index contributed by atoms with van der Waals surface area (Å²) in [6.45, 7) is 15.6. The van der Waals surface area contributed by atoms with Gasteiger partial charge in [0.15, 0.2) is 0 Å². The van der Waals surface area contributed by atoms with Gasteiger partial charge in [-0.2, -0.15) is 0 Å². The molecule has 12 aromatic rings. The van der Waals surface area contributed by atoms with E-state index < -0.39 is 0 Å². The molecule has 0 saturated heterocycles. The van der Waals surface area contributed by atoms with E-state index in [4.69, 9.17) is 9.40 Å². The Morgan fingerprint density at radius 2 is 1.17 bits per heavy atom. The number of hydrogen-bond donors (Lipinski definition) is 0. The summed E-state index contributed by atoms with van der Waals surface area (Å²) in [7, 11) is 0. The van der Waals surface area contributed by atoms with E-state index in [1.807, 2.05) is 42.6 Å². The topological polar surface area (TPSA) is 56.7 Å². The molecule has 3 aromatic heterocycles. The zero-order valence-electron chi connectivity index (χ0n) is 41.1. The quantitative estimate of drug-likeness (QED) is 0.149. The van der Waals surface area contributed by atoms with Crippen LogP contribution in [-0.2, 0) is 25.5 Å². The first-order valence-electron chi connectivity index (χ1n) is 24.3. The van der Waals surface area contributed by atoms with Gasteiger partial charge >= 0.3 is 0 Å². The van der Waals surface area contributed by atoms with Crippen LogP contribution in [0.4, 0.5) is 0 Å². The van der Waals surface area contributed by atoms with Crippen LogP contribution in [0.5, 0.6) is 0 Å². The summed E-state index contributed by atoms with van der Waals surface area (Å²) in [5.41, 5.74) is 15.2. The first kappa shape index (κ1) is 47.2. The molecule has 0 aliphatic carbocycles. The van der Waals surface area contributed by atoms with Gasteiger partial charge in [-0.3, -0.25) is 15.0 Å². The normalized spacial score (nSPS) is 11.7. The standard InChI is InChI=1S/C51H39N2O.C14H15N2.Ir/c1-31(2)44-29-38(34-16-9-6-10-17-34)30-45(32(3)4)47(44)53-48-39-19-12-11-18-35(39)24-27-46(48)52-51(53)43-21-13-20-41-42-26-23-37-28-36(33-14-7-5-8-15-33)22-25-40(37)49(42)54-50(41)43;1-14(2,3)12-9-10-15-13(16-12)11-7-5-4-6-8-11;/h5-20,22-32H,1-4H3;4-7,9-10H,1-3H3;/q2*-1;. The molecule has 0 atom stereocenters. The maximum absolute atomic E-state index is 7.02. The summed E-state index contributed by atoms with van der Waals surface area (Å²) >= 11 is 0. The third-order valence-electron chi connectivity index (χ3n) is 13.4. The van der Waals surface area contributed by atoms with E-state index in [9.17, 15) is 0 Å². The molecule has 0 N–H and O–H groups in total. The molecular weight excluding hydrogens is 1040 g/mol. The number of aromatic nitrogens is 4. The molecule has 9 aromatic carbocycles. The van der Waals surface area contributed by atoms with Crippen LogP contribution in [0.3, 0.4) is 0 Å². The van der Waals surface area contributed by atoms with Gasteiger partial charge in [-0.15, -0.1) is 54.1 Å². The zero-order valence-corrected chi connectivity index (χ0v) is 43.5. The molecule has 12 rings (SSSR count). The summed E-state index contributed by atoms with van der Waals surface area (Å²) in [5, 5.41) is 6.74. The number of benzene rings is 9. The monoisotopic (exact) mass is 1100 g/mol. The van der Waals surface area contributed by atoms with Gasteiger partial charge in [-0.05, 0) is 86.3 Å². The van der Waals surface area contributed by atoms with Crippen LogP contribution < -0.4 is 0 Å². The minimum atomic E-state index is 0. The molecule has 0 amide bonds. The third kappa shape index (κ3) is 8.88. The van der Waals surface area contributed by atoms with Crippen molar-refractivity contribution in [3.63, 3.8) is 0 Å². The summed E-state index contributed by atoms with van der Waals surface area (Å²) < 4.78 is 9.45. The van der Waals surface area contributed by atoms with E-state index in [2.05, 4.69) is 221 Å². The summed E-state index contributed by atoms with van der Waals surface area (Å²) in [6.07, 6.45) is 1.81. The second-order valence-electron chi connectivity index (χ2n) is 19.8. The van der Waals surface area contributed by atoms with Crippen molar-refractivity contribution < 1.29 is 24.5 Å². The van der Waals surface area contributed by atoms with Crippen molar-refractivity contribution in [2.45, 2.75) is 65.7 Å². The van der Waals surface area contributed by atoms with Crippen LogP contribution in [-0.4, -0.2) is 19.5 Å². The molecule has 3 heterocycles. The molecule has 0 saturated carbocycles. The van der Waals surface area contributed by atoms with Gasteiger partial charge in [0.2, 0.25) is 0 Å². The number of furan rings is 1. The SMILES string of the molecule is CC(C)(C)c1ccnc(-c2[c-]cccc2)n1.CC(C)c1cc(-c2ccccc2)cc(C(C)C)c1-n1c(-c2[c-]ccc3c2oc2c4ccc(-c5ccccc5)cc4ccc32)nc2ccc3ccccc3c21.[Ir]. The van der Waals surface area contributed by atoms with Gasteiger partial charge in [0.05, 0.1) is 28.3 Å². The minimum absolute atomic E-state index is 0. The average Bonchev–Trinajstić information content (AvgIpc) is 3.98. The average molecular weight is 1100 g/mol. The van der Waals surface area contributed by atoms with E-state index in [-0.39, 0.29) is 37.4 Å². The molecule has 71 heavy (non-hydrogen) atoms. The van der Waals surface area contributed by atoms with Crippen LogP contribution in [0, 0.1) is 12.1 Å². The van der Waals surface area contributed by atoms with Crippen molar-refractivity contribution in [3.8, 4) is 50.7 Å². The van der Waals surface area contributed by atoms with Gasteiger partial charge < -0.3 is 8.98 Å². The van der Waals surface area contributed by atoms with Crippen LogP contribution in [0.15, 0.2) is 193 Å². The van der Waals surface area contributed by atoms with Gasteiger partial charge in [-0.1, -0.05) is 175 Å². The third-order valence-corrected chi connectivity index (χ3v) is 13.4. The Balaban J connectivity index is 0.000000292. The molecule has 6 heteroatoms. The zero-order chi connectivity index (χ0) is 48.1. The Morgan fingerprint density at radius 3 is 1.86 bits per heavy atom. The Morgan fingerprint density at radius 1 is 0.521 bits per heavy atom. The van der Waals surface area contributed by atoms with Crippen LogP contribution in [0.25, 0.3) is 105 Å². The predicted molar refractivity (Wildman–Crippen MR) is 292 cm³/mol. The van der Waals surface area contributed by atoms with Gasteiger partial charge in [0.1, 0.15) is 5.58 Å². The van der Waals surface area contributed by atoms with Crippen LogP contribution in [0.1, 0.15) is 77.1 Å². The Bertz CT molecular complexity index is 3840. The largest absolute Gasteiger partial charge is 0.500 e. The van der Waals surface area contributed by atoms with Gasteiger partial charge in [-0.25, -0.2) is 0 Å².